The molecule has 4 nitrogen and oxygen atoms in total. The molecular formula is C15H8Cl2N2O2S3. The molecule has 9 heteroatoms. The van der Waals surface area contributed by atoms with Crippen LogP contribution in [-0.4, -0.2) is 21.1 Å². The lowest BCUT2D eigenvalue weighted by Crippen LogP contribution is -2.44. The van der Waals surface area contributed by atoms with Crippen LogP contribution in [0.25, 0.3) is 6.08 Å². The number of benzene rings is 1. The Morgan fingerprint density at radius 2 is 2.08 bits per heavy atom. The minimum Gasteiger partial charge on any atom is -0.267 e. The highest BCUT2D eigenvalue weighted by atomic mass is 35.5. The highest BCUT2D eigenvalue weighted by Gasteiger charge is 2.34. The van der Waals surface area contributed by atoms with Crippen molar-refractivity contribution in [3.05, 3.63) is 61.1 Å². The van der Waals surface area contributed by atoms with Crippen molar-refractivity contribution < 1.29 is 9.59 Å². The van der Waals surface area contributed by atoms with E-state index in [1.807, 2.05) is 17.5 Å². The number of nitrogens with zero attached hydrogens (tertiary/aromatic N) is 1. The van der Waals surface area contributed by atoms with Gasteiger partial charge in [0.2, 0.25) is 0 Å². The van der Waals surface area contributed by atoms with E-state index in [-0.39, 0.29) is 20.8 Å². The molecule has 0 radical (unpaired) electrons. The number of carbonyl (C=O) groups is 2. The number of thioether (sulfide) groups is 1. The zero-order valence-corrected chi connectivity index (χ0v) is 15.7. The normalized spacial score (nSPS) is 16.1. The fraction of sp³-hybridized carbons (Fsp3) is 0. The summed E-state index contributed by atoms with van der Waals surface area (Å²) in [6.07, 6.45) is 1.74. The number of amides is 2. The lowest BCUT2D eigenvalue weighted by molar-refractivity contribution is -0.123. The third-order valence-corrected chi connectivity index (χ3v) is 5.67. The molecule has 122 valence electrons. The number of hydrazine groups is 1. The van der Waals surface area contributed by atoms with Gasteiger partial charge >= 0.3 is 0 Å². The molecule has 1 aliphatic heterocycles. The lowest BCUT2D eigenvalue weighted by Gasteiger charge is -2.16. The second-order valence-corrected chi connectivity index (χ2v) is 8.10. The molecule has 0 spiro atoms. The molecule has 1 aliphatic rings. The average molecular weight is 415 g/mol. The van der Waals surface area contributed by atoms with Crippen molar-refractivity contribution >= 4 is 80.7 Å². The van der Waals surface area contributed by atoms with Crippen LogP contribution in [0.5, 0.6) is 0 Å². The number of hydrogen-bond donors (Lipinski definition) is 1. The summed E-state index contributed by atoms with van der Waals surface area (Å²) in [4.78, 5) is 26.1. The summed E-state index contributed by atoms with van der Waals surface area (Å²) in [6.45, 7) is 0. The van der Waals surface area contributed by atoms with E-state index in [0.29, 0.717) is 9.93 Å². The van der Waals surface area contributed by atoms with Crippen molar-refractivity contribution in [1.29, 1.82) is 0 Å². The smallest absolute Gasteiger partial charge is 0.267 e. The Labute approximate surface area is 161 Å². The van der Waals surface area contributed by atoms with Gasteiger partial charge in [0.25, 0.3) is 11.8 Å². The van der Waals surface area contributed by atoms with Gasteiger partial charge in [-0.2, -0.15) is 5.01 Å². The zero-order valence-electron chi connectivity index (χ0n) is 11.8. The molecule has 1 saturated heterocycles. The first kappa shape index (κ1) is 17.4. The predicted octanol–water partition coefficient (Wildman–Crippen LogP) is 4.60. The van der Waals surface area contributed by atoms with Gasteiger partial charge in [-0.1, -0.05) is 41.0 Å². The van der Waals surface area contributed by atoms with E-state index in [0.717, 1.165) is 21.6 Å². The summed E-state index contributed by atoms with van der Waals surface area (Å²) in [5.41, 5.74) is 2.69. The van der Waals surface area contributed by atoms with Crippen molar-refractivity contribution in [1.82, 2.24) is 10.4 Å². The van der Waals surface area contributed by atoms with Crippen molar-refractivity contribution in [3.8, 4) is 0 Å². The van der Waals surface area contributed by atoms with Crippen molar-refractivity contribution in [2.75, 3.05) is 0 Å². The van der Waals surface area contributed by atoms with E-state index in [1.165, 1.54) is 23.5 Å². The second-order valence-electron chi connectivity index (χ2n) is 4.60. The topological polar surface area (TPSA) is 49.4 Å². The molecule has 0 saturated carbocycles. The molecule has 1 N–H and O–H groups in total. The van der Waals surface area contributed by atoms with Crippen LogP contribution in [0.1, 0.15) is 15.2 Å². The highest BCUT2D eigenvalue weighted by molar-refractivity contribution is 8.26. The number of nitrogens with one attached hydrogen (secondary N) is 1. The summed E-state index contributed by atoms with van der Waals surface area (Å²) in [5.74, 6) is -0.915. The Kier molecular flexibility index (Phi) is 5.27. The molecule has 0 unspecified atom stereocenters. The Hall–Kier alpha value is -1.38. The van der Waals surface area contributed by atoms with Crippen molar-refractivity contribution in [2.45, 2.75) is 0 Å². The molecular weight excluding hydrogens is 407 g/mol. The molecule has 2 aromatic rings. The van der Waals surface area contributed by atoms with Crippen molar-refractivity contribution in [3.63, 3.8) is 0 Å². The third kappa shape index (κ3) is 3.65. The van der Waals surface area contributed by atoms with Gasteiger partial charge in [-0.25, -0.2) is 0 Å². The number of carbonyl (C=O) groups excluding carboxylic acids is 2. The molecule has 1 fully saturated rings. The van der Waals surface area contributed by atoms with E-state index >= 15 is 0 Å². The molecule has 3 rings (SSSR count). The maximum Gasteiger partial charge on any atom is 0.285 e. The maximum absolute atomic E-state index is 12.4. The fourth-order valence-electron chi connectivity index (χ4n) is 1.90. The summed E-state index contributed by atoms with van der Waals surface area (Å²) in [5, 5.41) is 3.57. The average Bonchev–Trinajstić information content (AvgIpc) is 3.11. The first-order valence-electron chi connectivity index (χ1n) is 6.53. The molecule has 1 aromatic heterocycles. The van der Waals surface area contributed by atoms with Gasteiger partial charge in [-0.05, 0) is 47.9 Å². The summed E-state index contributed by atoms with van der Waals surface area (Å²) in [7, 11) is 0. The number of thiocarbonyl (C=S) groups is 1. The van der Waals surface area contributed by atoms with Gasteiger partial charge < -0.3 is 0 Å². The highest BCUT2D eigenvalue weighted by Crippen LogP contribution is 2.32. The monoisotopic (exact) mass is 414 g/mol. The Bertz CT molecular complexity index is 866. The first-order chi connectivity index (χ1) is 11.5. The number of thiophene rings is 1. The molecule has 0 aliphatic carbocycles. The minimum absolute atomic E-state index is 0.194. The standard InChI is InChI=1S/C15H8Cl2N2O2S3/c16-8-3-4-10(11(17)6-8)13(20)18-19-14(21)12(24-15(19)22)7-9-2-1-5-23-9/h1-7H,(H,18,20)/b12-7-. The van der Waals surface area contributed by atoms with E-state index in [1.54, 1.807) is 12.1 Å². The van der Waals surface area contributed by atoms with E-state index < -0.39 is 5.91 Å². The van der Waals surface area contributed by atoms with Gasteiger partial charge in [-0.15, -0.1) is 11.3 Å². The van der Waals surface area contributed by atoms with Crippen LogP contribution < -0.4 is 5.43 Å². The Balaban J connectivity index is 1.79. The van der Waals surface area contributed by atoms with Crippen molar-refractivity contribution in [2.24, 2.45) is 0 Å². The maximum atomic E-state index is 12.4. The predicted molar refractivity (Wildman–Crippen MR) is 103 cm³/mol. The second kappa shape index (κ2) is 7.25. The zero-order chi connectivity index (χ0) is 17.3. The van der Waals surface area contributed by atoms with Gasteiger partial charge in [-0.3, -0.25) is 15.0 Å². The van der Waals surface area contributed by atoms with Crippen LogP contribution in [0.15, 0.2) is 40.6 Å². The summed E-state index contributed by atoms with van der Waals surface area (Å²) in [6, 6.07) is 8.27. The van der Waals surface area contributed by atoms with Crippen LogP contribution in [0.3, 0.4) is 0 Å². The molecule has 1 aromatic carbocycles. The Morgan fingerprint density at radius 1 is 1.29 bits per heavy atom. The largest absolute Gasteiger partial charge is 0.285 e. The molecule has 24 heavy (non-hydrogen) atoms. The molecule has 2 amide bonds. The summed E-state index contributed by atoms with van der Waals surface area (Å²) >= 11 is 19.6. The Morgan fingerprint density at radius 3 is 2.75 bits per heavy atom. The van der Waals surface area contributed by atoms with Crippen LogP contribution in [0.2, 0.25) is 10.0 Å². The van der Waals surface area contributed by atoms with Crippen LogP contribution in [0, 0.1) is 0 Å². The van der Waals surface area contributed by atoms with Gasteiger partial charge in [0.15, 0.2) is 4.32 Å². The molecule has 0 atom stereocenters. The lowest BCUT2D eigenvalue weighted by atomic mass is 10.2. The first-order valence-corrected chi connectivity index (χ1v) is 9.39. The fourth-order valence-corrected chi connectivity index (χ4v) is 4.30. The van der Waals surface area contributed by atoms with Crippen LogP contribution >= 0.6 is 58.5 Å². The van der Waals surface area contributed by atoms with Gasteiger partial charge in [0, 0.05) is 9.90 Å². The number of halogens is 2. The van der Waals surface area contributed by atoms with E-state index in [9.17, 15) is 9.59 Å². The van der Waals surface area contributed by atoms with E-state index in [4.69, 9.17) is 35.4 Å². The van der Waals surface area contributed by atoms with Gasteiger partial charge in [0.05, 0.1) is 15.5 Å². The SMILES string of the molecule is O=C(NN1C(=O)/C(=C/c2cccs2)SC1=S)c1ccc(Cl)cc1Cl. The molecule has 2 heterocycles. The van der Waals surface area contributed by atoms with E-state index in [2.05, 4.69) is 5.43 Å². The van der Waals surface area contributed by atoms with Crippen LogP contribution in [0.4, 0.5) is 0 Å². The third-order valence-electron chi connectivity index (χ3n) is 3.00. The minimum atomic E-state index is -0.537. The number of rotatable bonds is 3. The van der Waals surface area contributed by atoms with Gasteiger partial charge in [0.1, 0.15) is 0 Å². The quantitative estimate of drug-likeness (QED) is 0.588. The van der Waals surface area contributed by atoms with Crippen LogP contribution in [-0.2, 0) is 4.79 Å². The summed E-state index contributed by atoms with van der Waals surface area (Å²) < 4.78 is 0.251. The molecule has 0 bridgehead atoms. The number of hydrogen-bond acceptors (Lipinski definition) is 5.